The van der Waals surface area contributed by atoms with E-state index in [0.29, 0.717) is 5.56 Å². The van der Waals surface area contributed by atoms with Crippen LogP contribution in [0.25, 0.3) is 0 Å². The Morgan fingerprint density at radius 1 is 0.484 bits per heavy atom. The first-order valence-electron chi connectivity index (χ1n) is 19.0. The molecule has 0 saturated carbocycles. The SMILES string of the molecule is CC(=O)OC[C@H]1O[C@H](OCC(CO[C@H]2O[C@H](COC(C)=O)[C@@H](OC(C)=O)[C@H](OC(C)=O)[C@@H]2OC(C)=O)NC(=O)OCc2ccccc2)[C@@H](OC(C)=O)[C@@H](OC(C)=O)[C@@H]1OC(C)=O. The second kappa shape index (κ2) is 24.5. The number of amides is 1. The van der Waals surface area contributed by atoms with Crippen LogP contribution in [0.4, 0.5) is 4.79 Å². The summed E-state index contributed by atoms with van der Waals surface area (Å²) >= 11 is 0. The minimum atomic E-state index is -1.69. The van der Waals surface area contributed by atoms with Crippen molar-refractivity contribution in [3.05, 3.63) is 35.9 Å². The molecule has 0 unspecified atom stereocenters. The third-order valence-corrected chi connectivity index (χ3v) is 8.35. The maximum absolute atomic E-state index is 13.2. The minimum Gasteiger partial charge on any atom is -0.463 e. The molecule has 23 nitrogen and oxygen atoms in total. The number of esters is 8. The van der Waals surface area contributed by atoms with Gasteiger partial charge in [0.1, 0.15) is 32.0 Å². The van der Waals surface area contributed by atoms with Gasteiger partial charge < -0.3 is 66.9 Å². The van der Waals surface area contributed by atoms with Gasteiger partial charge in [0.05, 0.1) is 19.3 Å². The fraction of sp³-hybridized carbons (Fsp3) is 0.615. The Morgan fingerprint density at radius 2 is 0.839 bits per heavy atom. The minimum absolute atomic E-state index is 0.180. The lowest BCUT2D eigenvalue weighted by molar-refractivity contribution is -0.315. The number of nitrogens with one attached hydrogen (secondary N) is 1. The molecule has 2 aliphatic heterocycles. The normalized spacial score (nSPS) is 25.9. The van der Waals surface area contributed by atoms with Crippen LogP contribution in [0.3, 0.4) is 0 Å². The van der Waals surface area contributed by atoms with E-state index in [1.165, 1.54) is 0 Å². The first-order valence-corrected chi connectivity index (χ1v) is 19.0. The van der Waals surface area contributed by atoms with Crippen LogP contribution in [-0.2, 0) is 107 Å². The molecule has 0 bridgehead atoms. The number of benzene rings is 1. The number of rotatable bonds is 19. The Labute approximate surface area is 355 Å². The van der Waals surface area contributed by atoms with E-state index in [-0.39, 0.29) is 6.61 Å². The van der Waals surface area contributed by atoms with Gasteiger partial charge in [-0.3, -0.25) is 38.4 Å². The fourth-order valence-electron chi connectivity index (χ4n) is 6.13. The predicted octanol–water partition coefficient (Wildman–Crippen LogP) is 0.481. The molecule has 2 fully saturated rings. The largest absolute Gasteiger partial charge is 0.463 e. The molecule has 0 spiro atoms. The van der Waals surface area contributed by atoms with Gasteiger partial charge in [-0.2, -0.15) is 0 Å². The Balaban J connectivity index is 2.02. The molecule has 1 aromatic rings. The smallest absolute Gasteiger partial charge is 0.407 e. The fourth-order valence-corrected chi connectivity index (χ4v) is 6.13. The summed E-state index contributed by atoms with van der Waals surface area (Å²) in [6.45, 7) is 5.91. The third-order valence-electron chi connectivity index (χ3n) is 8.35. The molecule has 62 heavy (non-hydrogen) atoms. The van der Waals surface area contributed by atoms with E-state index in [1.54, 1.807) is 30.3 Å². The molecule has 23 heteroatoms. The Kier molecular flexibility index (Phi) is 19.9. The first-order chi connectivity index (χ1) is 29.2. The van der Waals surface area contributed by atoms with E-state index in [1.807, 2.05) is 0 Å². The Morgan fingerprint density at radius 3 is 1.19 bits per heavy atom. The first kappa shape index (κ1) is 50.4. The van der Waals surface area contributed by atoms with Crippen LogP contribution in [0.2, 0.25) is 0 Å². The lowest BCUT2D eigenvalue weighted by atomic mass is 9.98. The number of carbonyl (C=O) groups excluding carboxylic acids is 9. The van der Waals surface area contributed by atoms with Crippen molar-refractivity contribution in [2.45, 2.75) is 129 Å². The zero-order chi connectivity index (χ0) is 46.1. The maximum Gasteiger partial charge on any atom is 0.407 e. The maximum atomic E-state index is 13.2. The average molecular weight is 886 g/mol. The van der Waals surface area contributed by atoms with Gasteiger partial charge in [0.2, 0.25) is 0 Å². The van der Waals surface area contributed by atoms with Crippen LogP contribution < -0.4 is 5.32 Å². The van der Waals surface area contributed by atoms with Crippen molar-refractivity contribution in [3.63, 3.8) is 0 Å². The molecule has 10 atom stereocenters. The van der Waals surface area contributed by atoms with Crippen LogP contribution in [0, 0.1) is 0 Å². The van der Waals surface area contributed by atoms with Crippen LogP contribution in [0.15, 0.2) is 30.3 Å². The summed E-state index contributed by atoms with van der Waals surface area (Å²) in [4.78, 5) is 111. The van der Waals surface area contributed by atoms with Gasteiger partial charge in [0.15, 0.2) is 49.2 Å². The molecule has 3 rings (SSSR count). The molecule has 2 saturated heterocycles. The lowest BCUT2D eigenvalue weighted by Gasteiger charge is -2.44. The summed E-state index contributed by atoms with van der Waals surface area (Å²) in [5, 5.41) is 2.55. The van der Waals surface area contributed by atoms with E-state index in [2.05, 4.69) is 5.32 Å². The molecule has 2 aliphatic rings. The van der Waals surface area contributed by atoms with Crippen LogP contribution >= 0.6 is 0 Å². The highest BCUT2D eigenvalue weighted by molar-refractivity contribution is 5.70. The molecular weight excluding hydrogens is 834 g/mol. The second-order valence-electron chi connectivity index (χ2n) is 13.7. The number of ether oxygens (including phenoxy) is 13. The van der Waals surface area contributed by atoms with Crippen molar-refractivity contribution in [2.24, 2.45) is 0 Å². The highest BCUT2D eigenvalue weighted by Gasteiger charge is 2.54. The molecule has 344 valence electrons. The van der Waals surface area contributed by atoms with E-state index in [0.717, 1.165) is 55.4 Å². The summed E-state index contributed by atoms with van der Waals surface area (Å²) in [6, 6.07) is 7.31. The number of carbonyl (C=O) groups is 9. The second-order valence-corrected chi connectivity index (χ2v) is 13.7. The van der Waals surface area contributed by atoms with Crippen LogP contribution in [0.5, 0.6) is 0 Å². The van der Waals surface area contributed by atoms with Gasteiger partial charge in [-0.05, 0) is 5.56 Å². The molecule has 1 amide bonds. The van der Waals surface area contributed by atoms with Gasteiger partial charge in [0, 0.05) is 55.4 Å². The van der Waals surface area contributed by atoms with E-state index >= 15 is 0 Å². The van der Waals surface area contributed by atoms with Gasteiger partial charge in [-0.25, -0.2) is 4.79 Å². The highest BCUT2D eigenvalue weighted by atomic mass is 16.8. The quantitative estimate of drug-likeness (QED) is 0.146. The molecular formula is C39H51NO22. The van der Waals surface area contributed by atoms with Crippen molar-refractivity contribution < 1.29 is 105 Å². The Hall–Kier alpha value is -5.91. The summed E-state index contributed by atoms with van der Waals surface area (Å²) in [5.41, 5.74) is 0.627. The van der Waals surface area contributed by atoms with Crippen molar-refractivity contribution in [1.29, 1.82) is 0 Å². The standard InChI is InChI=1S/C39H51NO22/c1-19(41)50-17-29-31(55-21(3)43)33(57-23(5)45)35(59-25(7)47)37(61-29)52-15-28(40-39(49)54-14-27-12-10-9-11-13-27)16-53-38-36(60-26(8)48)34(58-24(6)46)32(56-22(4)44)30(62-38)18-51-20(2)42/h9-13,28-38H,14-18H2,1-8H3,(H,40,49)/t29-,30-,31-,32-,33+,34+,35+,36+,37+,38+/m1/s1. The summed E-state index contributed by atoms with van der Waals surface area (Å²) in [6.07, 6.45) is -16.6. The predicted molar refractivity (Wildman–Crippen MR) is 199 cm³/mol. The molecule has 0 aliphatic carbocycles. The van der Waals surface area contributed by atoms with Gasteiger partial charge in [-0.1, -0.05) is 30.3 Å². The van der Waals surface area contributed by atoms with Gasteiger partial charge in [-0.15, -0.1) is 0 Å². The highest BCUT2D eigenvalue weighted by Crippen LogP contribution is 2.32. The third kappa shape index (κ3) is 16.9. The number of hydrogen-bond acceptors (Lipinski definition) is 22. The van der Waals surface area contributed by atoms with Crippen LogP contribution in [0.1, 0.15) is 61.0 Å². The average Bonchev–Trinajstić information content (AvgIpc) is 3.16. The molecule has 1 aromatic carbocycles. The van der Waals surface area contributed by atoms with Crippen LogP contribution in [-0.4, -0.2) is 148 Å². The zero-order valence-electron chi connectivity index (χ0n) is 35.3. The topological polar surface area (TPSA) is 286 Å². The van der Waals surface area contributed by atoms with Crippen molar-refractivity contribution >= 4 is 53.8 Å². The summed E-state index contributed by atoms with van der Waals surface area (Å²) in [7, 11) is 0. The summed E-state index contributed by atoms with van der Waals surface area (Å²) in [5.74, 6) is -6.83. The van der Waals surface area contributed by atoms with Crippen molar-refractivity contribution in [3.8, 4) is 0 Å². The molecule has 0 radical (unpaired) electrons. The van der Waals surface area contributed by atoms with Crippen molar-refractivity contribution in [2.75, 3.05) is 26.4 Å². The van der Waals surface area contributed by atoms with Gasteiger partial charge in [0.25, 0.3) is 0 Å². The summed E-state index contributed by atoms with van der Waals surface area (Å²) < 4.78 is 72.3. The molecule has 2 heterocycles. The molecule has 0 aromatic heterocycles. The number of alkyl carbamates (subject to hydrolysis) is 1. The number of hydrogen-bond donors (Lipinski definition) is 1. The van der Waals surface area contributed by atoms with Gasteiger partial charge >= 0.3 is 53.8 Å². The van der Waals surface area contributed by atoms with E-state index < -0.39 is 148 Å². The zero-order valence-corrected chi connectivity index (χ0v) is 35.3. The molecule has 1 N–H and O–H groups in total. The van der Waals surface area contributed by atoms with E-state index in [4.69, 9.17) is 61.6 Å². The monoisotopic (exact) mass is 885 g/mol. The lowest BCUT2D eigenvalue weighted by Crippen LogP contribution is -2.63. The van der Waals surface area contributed by atoms with E-state index in [9.17, 15) is 43.2 Å². The Bertz CT molecular complexity index is 1640. The van der Waals surface area contributed by atoms with Crippen molar-refractivity contribution in [1.82, 2.24) is 5.32 Å².